The second-order valence-electron chi connectivity index (χ2n) is 6.44. The Kier molecular flexibility index (Phi) is 7.65. The van der Waals surface area contributed by atoms with Crippen LogP contribution in [-0.4, -0.2) is 40.5 Å². The average molecular weight is 389 g/mol. The van der Waals surface area contributed by atoms with E-state index in [1.807, 2.05) is 32.0 Å². The highest BCUT2D eigenvalue weighted by atomic mass is 35.5. The van der Waals surface area contributed by atoms with Gasteiger partial charge in [-0.25, -0.2) is 4.79 Å². The van der Waals surface area contributed by atoms with E-state index in [1.54, 1.807) is 0 Å². The summed E-state index contributed by atoms with van der Waals surface area (Å²) < 4.78 is 0. The number of imide groups is 1. The van der Waals surface area contributed by atoms with E-state index in [0.717, 1.165) is 37.3 Å². The Hall–Kier alpha value is -1.37. The maximum Gasteiger partial charge on any atom is 0.325 e. The first-order valence-corrected chi connectivity index (χ1v) is 8.34. The first-order valence-electron chi connectivity index (χ1n) is 8.34. The first-order chi connectivity index (χ1) is 11.1. The van der Waals surface area contributed by atoms with Crippen LogP contribution in [0.3, 0.4) is 0 Å². The topological polar surface area (TPSA) is 74.3 Å². The number of amides is 3. The maximum atomic E-state index is 13.1. The molecule has 0 aromatic carbocycles. The Morgan fingerprint density at radius 2 is 1.92 bits per heavy atom. The number of piperidine rings is 1. The van der Waals surface area contributed by atoms with Crippen LogP contribution >= 0.6 is 24.8 Å². The zero-order valence-corrected chi connectivity index (χ0v) is 16.2. The van der Waals surface area contributed by atoms with Gasteiger partial charge in [0.25, 0.3) is 5.91 Å². The number of halogens is 2. The fourth-order valence-electron chi connectivity index (χ4n) is 3.76. The molecular weight excluding hydrogens is 363 g/mol. The number of carbonyl (C=O) groups is 2. The summed E-state index contributed by atoms with van der Waals surface area (Å²) in [4.78, 5) is 31.2. The molecule has 1 aromatic heterocycles. The van der Waals surface area contributed by atoms with Gasteiger partial charge >= 0.3 is 6.03 Å². The minimum Gasteiger partial charge on any atom is -0.323 e. The third-order valence-electron chi connectivity index (χ3n) is 5.06. The Bertz CT molecular complexity index is 622. The molecule has 6 nitrogen and oxygen atoms in total. The zero-order chi connectivity index (χ0) is 16.4. The summed E-state index contributed by atoms with van der Waals surface area (Å²) in [6, 6.07) is 5.36. The minimum absolute atomic E-state index is 0. The van der Waals surface area contributed by atoms with E-state index in [1.165, 1.54) is 4.90 Å². The summed E-state index contributed by atoms with van der Waals surface area (Å²) in [7, 11) is 0. The van der Waals surface area contributed by atoms with E-state index < -0.39 is 5.54 Å². The predicted molar refractivity (Wildman–Crippen MR) is 101 cm³/mol. The molecule has 0 radical (unpaired) electrons. The lowest BCUT2D eigenvalue weighted by Crippen LogP contribution is -2.55. The van der Waals surface area contributed by atoms with Crippen LogP contribution in [0, 0.1) is 12.8 Å². The van der Waals surface area contributed by atoms with Gasteiger partial charge in [0.1, 0.15) is 5.54 Å². The predicted octanol–water partition coefficient (Wildman–Crippen LogP) is 2.43. The lowest BCUT2D eigenvalue weighted by Gasteiger charge is -2.37. The van der Waals surface area contributed by atoms with Gasteiger partial charge in [0.05, 0.1) is 12.2 Å². The van der Waals surface area contributed by atoms with Crippen LogP contribution in [0.5, 0.6) is 0 Å². The first kappa shape index (κ1) is 21.7. The van der Waals surface area contributed by atoms with Crippen molar-refractivity contribution in [2.45, 2.75) is 45.2 Å². The summed E-state index contributed by atoms with van der Waals surface area (Å²) in [6.45, 7) is 5.92. The van der Waals surface area contributed by atoms with E-state index in [2.05, 4.69) is 15.6 Å². The van der Waals surface area contributed by atoms with Gasteiger partial charge in [-0.15, -0.1) is 24.8 Å². The summed E-state index contributed by atoms with van der Waals surface area (Å²) in [6.07, 6.45) is 2.45. The van der Waals surface area contributed by atoms with Crippen molar-refractivity contribution in [2.75, 3.05) is 13.1 Å². The Morgan fingerprint density at radius 3 is 2.52 bits per heavy atom. The number of hydrogen-bond donors (Lipinski definition) is 2. The summed E-state index contributed by atoms with van der Waals surface area (Å²) in [5.41, 5.74) is 0.878. The van der Waals surface area contributed by atoms with E-state index in [0.29, 0.717) is 6.42 Å². The van der Waals surface area contributed by atoms with Gasteiger partial charge in [-0.2, -0.15) is 0 Å². The van der Waals surface area contributed by atoms with E-state index in [-0.39, 0.29) is 49.2 Å². The van der Waals surface area contributed by atoms with Crippen LogP contribution in [-0.2, 0) is 11.3 Å². The average Bonchev–Trinajstić information content (AvgIpc) is 2.81. The molecule has 140 valence electrons. The molecule has 0 aliphatic carbocycles. The SMILES string of the molecule is CCC1(C2CCNCC2)NC(=O)N(Cc2cccc(C)n2)C1=O.Cl.Cl. The monoisotopic (exact) mass is 388 g/mol. The van der Waals surface area contributed by atoms with Crippen molar-refractivity contribution < 1.29 is 9.59 Å². The highest BCUT2D eigenvalue weighted by Gasteiger charge is 2.54. The van der Waals surface area contributed by atoms with Crippen molar-refractivity contribution in [2.24, 2.45) is 5.92 Å². The second-order valence-corrected chi connectivity index (χ2v) is 6.44. The van der Waals surface area contributed by atoms with Crippen molar-refractivity contribution in [1.82, 2.24) is 20.5 Å². The highest BCUT2D eigenvalue weighted by molar-refractivity contribution is 6.07. The lowest BCUT2D eigenvalue weighted by atomic mass is 9.76. The molecule has 2 saturated heterocycles. The molecule has 2 fully saturated rings. The van der Waals surface area contributed by atoms with Crippen molar-refractivity contribution in [3.63, 3.8) is 0 Å². The molecule has 1 unspecified atom stereocenters. The molecule has 3 amide bonds. The van der Waals surface area contributed by atoms with Gasteiger partial charge in [0.2, 0.25) is 0 Å². The number of hydrogen-bond acceptors (Lipinski definition) is 4. The van der Waals surface area contributed by atoms with Gasteiger partial charge in [-0.1, -0.05) is 13.0 Å². The van der Waals surface area contributed by atoms with E-state index >= 15 is 0 Å². The zero-order valence-electron chi connectivity index (χ0n) is 14.6. The normalized spacial score (nSPS) is 23.7. The van der Waals surface area contributed by atoms with Crippen molar-refractivity contribution in [3.8, 4) is 0 Å². The largest absolute Gasteiger partial charge is 0.325 e. The fraction of sp³-hybridized carbons (Fsp3) is 0.588. The molecule has 2 aliphatic rings. The molecule has 0 saturated carbocycles. The molecular formula is C17H26Cl2N4O2. The molecule has 8 heteroatoms. The maximum absolute atomic E-state index is 13.1. The van der Waals surface area contributed by atoms with Gasteiger partial charge < -0.3 is 10.6 Å². The van der Waals surface area contributed by atoms with E-state index in [4.69, 9.17) is 0 Å². The fourth-order valence-corrected chi connectivity index (χ4v) is 3.76. The molecule has 25 heavy (non-hydrogen) atoms. The number of nitrogens with zero attached hydrogens (tertiary/aromatic N) is 2. The molecule has 0 bridgehead atoms. The smallest absolute Gasteiger partial charge is 0.323 e. The number of aromatic nitrogens is 1. The third-order valence-corrected chi connectivity index (χ3v) is 5.06. The van der Waals surface area contributed by atoms with Gasteiger partial charge in [-0.05, 0) is 57.3 Å². The molecule has 2 aliphatic heterocycles. The molecule has 3 rings (SSSR count). The summed E-state index contributed by atoms with van der Waals surface area (Å²) >= 11 is 0. The number of nitrogens with one attached hydrogen (secondary N) is 2. The number of aryl methyl sites for hydroxylation is 1. The molecule has 1 aromatic rings. The van der Waals surface area contributed by atoms with Crippen LogP contribution in [0.25, 0.3) is 0 Å². The van der Waals surface area contributed by atoms with Crippen molar-refractivity contribution >= 4 is 36.8 Å². The molecule has 1 atom stereocenters. The number of pyridine rings is 1. The van der Waals surface area contributed by atoms with Crippen LogP contribution in [0.2, 0.25) is 0 Å². The van der Waals surface area contributed by atoms with Crippen LogP contribution < -0.4 is 10.6 Å². The molecule has 2 N–H and O–H groups in total. The standard InChI is InChI=1S/C17H24N4O2.2ClH/c1-3-17(13-7-9-18-10-8-13)15(22)21(16(23)20-17)11-14-6-4-5-12(2)19-14;;/h4-6,13,18H,3,7-11H2,1-2H3,(H,20,23);2*1H. The van der Waals surface area contributed by atoms with Crippen molar-refractivity contribution in [1.29, 1.82) is 0 Å². The highest BCUT2D eigenvalue weighted by Crippen LogP contribution is 2.35. The minimum atomic E-state index is -0.747. The molecule has 3 heterocycles. The Morgan fingerprint density at radius 1 is 1.24 bits per heavy atom. The van der Waals surface area contributed by atoms with Gasteiger partial charge in [0.15, 0.2) is 0 Å². The van der Waals surface area contributed by atoms with Crippen molar-refractivity contribution in [3.05, 3.63) is 29.6 Å². The van der Waals surface area contributed by atoms with Gasteiger partial charge in [-0.3, -0.25) is 14.7 Å². The number of carbonyl (C=O) groups excluding carboxylic acids is 2. The Balaban J connectivity index is 0.00000156. The lowest BCUT2D eigenvalue weighted by molar-refractivity contribution is -0.134. The third kappa shape index (κ3) is 4.07. The number of rotatable bonds is 4. The quantitative estimate of drug-likeness (QED) is 0.776. The van der Waals surface area contributed by atoms with E-state index in [9.17, 15) is 9.59 Å². The summed E-state index contributed by atoms with van der Waals surface area (Å²) in [5.74, 6) is 0.0980. The summed E-state index contributed by atoms with van der Waals surface area (Å²) in [5, 5.41) is 6.32. The van der Waals surface area contributed by atoms with Crippen LogP contribution in [0.4, 0.5) is 4.79 Å². The number of urea groups is 1. The second kappa shape index (κ2) is 8.83. The molecule has 0 spiro atoms. The Labute approximate surface area is 161 Å². The van der Waals surface area contributed by atoms with Crippen LogP contribution in [0.1, 0.15) is 37.6 Å². The van der Waals surface area contributed by atoms with Crippen LogP contribution in [0.15, 0.2) is 18.2 Å². The van der Waals surface area contributed by atoms with Gasteiger partial charge in [0, 0.05) is 5.69 Å².